The zero-order chi connectivity index (χ0) is 12.1. The SMILES string of the molecule is CSC(C)CNC(=O)c1cc(F)ccc1N. The third-order valence-electron chi connectivity index (χ3n) is 2.21. The fourth-order valence-electron chi connectivity index (χ4n) is 1.14. The van der Waals surface area contributed by atoms with Gasteiger partial charge in [-0.15, -0.1) is 0 Å². The van der Waals surface area contributed by atoms with Gasteiger partial charge in [-0.2, -0.15) is 11.8 Å². The van der Waals surface area contributed by atoms with E-state index >= 15 is 0 Å². The second kappa shape index (κ2) is 5.75. The number of hydrogen-bond acceptors (Lipinski definition) is 3. The molecule has 1 aromatic carbocycles. The lowest BCUT2D eigenvalue weighted by Crippen LogP contribution is -2.29. The molecule has 0 fully saturated rings. The van der Waals surface area contributed by atoms with Crippen molar-refractivity contribution in [2.75, 3.05) is 18.5 Å². The van der Waals surface area contributed by atoms with Crippen LogP contribution >= 0.6 is 11.8 Å². The van der Waals surface area contributed by atoms with Crippen molar-refractivity contribution in [3.8, 4) is 0 Å². The van der Waals surface area contributed by atoms with Gasteiger partial charge in [0.2, 0.25) is 0 Å². The zero-order valence-electron chi connectivity index (χ0n) is 9.29. The summed E-state index contributed by atoms with van der Waals surface area (Å²) in [5.41, 5.74) is 6.07. The highest BCUT2D eigenvalue weighted by Gasteiger charge is 2.11. The van der Waals surface area contributed by atoms with E-state index in [1.54, 1.807) is 11.8 Å². The summed E-state index contributed by atoms with van der Waals surface area (Å²) in [6.07, 6.45) is 1.97. The molecule has 0 saturated carbocycles. The third-order valence-corrected chi connectivity index (χ3v) is 3.18. The Hall–Kier alpha value is -1.23. The summed E-state index contributed by atoms with van der Waals surface area (Å²) < 4.78 is 12.9. The van der Waals surface area contributed by atoms with Gasteiger partial charge in [-0.25, -0.2) is 4.39 Å². The number of halogens is 1. The Labute approximate surface area is 98.6 Å². The summed E-state index contributed by atoms with van der Waals surface area (Å²) in [7, 11) is 0. The molecular weight excluding hydrogens is 227 g/mol. The standard InChI is InChI=1S/C11H15FN2OS/c1-7(16-2)6-14-11(15)9-5-8(12)3-4-10(9)13/h3-5,7H,6,13H2,1-2H3,(H,14,15). The zero-order valence-corrected chi connectivity index (χ0v) is 10.1. The average molecular weight is 242 g/mol. The van der Waals surface area contributed by atoms with Gasteiger partial charge in [0.1, 0.15) is 5.82 Å². The van der Waals surface area contributed by atoms with Crippen molar-refractivity contribution < 1.29 is 9.18 Å². The lowest BCUT2D eigenvalue weighted by atomic mass is 10.1. The summed E-state index contributed by atoms with van der Waals surface area (Å²) in [5, 5.41) is 3.03. The number of benzene rings is 1. The fraction of sp³-hybridized carbons (Fsp3) is 0.364. The van der Waals surface area contributed by atoms with Crippen LogP contribution in [0.15, 0.2) is 18.2 Å². The van der Waals surface area contributed by atoms with Crippen LogP contribution in [0.3, 0.4) is 0 Å². The predicted octanol–water partition coefficient (Wildman–Crippen LogP) is 1.89. The van der Waals surface area contributed by atoms with Gasteiger partial charge in [0.05, 0.1) is 5.56 Å². The molecule has 0 bridgehead atoms. The van der Waals surface area contributed by atoms with Crippen LogP contribution in [0.25, 0.3) is 0 Å². The normalized spacial score (nSPS) is 12.2. The van der Waals surface area contributed by atoms with E-state index in [1.807, 2.05) is 13.2 Å². The smallest absolute Gasteiger partial charge is 0.253 e. The first-order valence-electron chi connectivity index (χ1n) is 4.90. The molecule has 1 atom stereocenters. The van der Waals surface area contributed by atoms with Crippen LogP contribution in [0, 0.1) is 5.82 Å². The van der Waals surface area contributed by atoms with Gasteiger partial charge in [-0.1, -0.05) is 6.92 Å². The van der Waals surface area contributed by atoms with Gasteiger partial charge in [0.25, 0.3) is 5.91 Å². The molecule has 1 aromatic rings. The van der Waals surface area contributed by atoms with Crippen LogP contribution in [0.2, 0.25) is 0 Å². The minimum Gasteiger partial charge on any atom is -0.398 e. The Morgan fingerprint density at radius 3 is 2.94 bits per heavy atom. The first-order valence-corrected chi connectivity index (χ1v) is 6.19. The van der Waals surface area contributed by atoms with Crippen LogP contribution in [0.4, 0.5) is 10.1 Å². The number of carbonyl (C=O) groups is 1. The highest BCUT2D eigenvalue weighted by Crippen LogP contribution is 2.13. The lowest BCUT2D eigenvalue weighted by Gasteiger charge is -2.11. The first-order chi connectivity index (χ1) is 7.54. The molecule has 1 rings (SSSR count). The number of thioether (sulfide) groups is 1. The van der Waals surface area contributed by atoms with E-state index in [0.717, 1.165) is 6.07 Å². The van der Waals surface area contributed by atoms with Gasteiger partial charge >= 0.3 is 0 Å². The number of nitrogen functional groups attached to an aromatic ring is 1. The number of nitrogens with two attached hydrogens (primary N) is 1. The molecule has 0 radical (unpaired) electrons. The monoisotopic (exact) mass is 242 g/mol. The molecule has 1 amide bonds. The molecule has 16 heavy (non-hydrogen) atoms. The van der Waals surface area contributed by atoms with E-state index in [9.17, 15) is 9.18 Å². The van der Waals surface area contributed by atoms with Crippen molar-refractivity contribution in [3.05, 3.63) is 29.6 Å². The molecule has 1 unspecified atom stereocenters. The van der Waals surface area contributed by atoms with Crippen LogP contribution in [0.5, 0.6) is 0 Å². The number of carbonyl (C=O) groups excluding carboxylic acids is 1. The molecular formula is C11H15FN2OS. The predicted molar refractivity (Wildman–Crippen MR) is 66.1 cm³/mol. The van der Waals surface area contributed by atoms with Gasteiger partial charge in [0.15, 0.2) is 0 Å². The minimum absolute atomic E-state index is 0.188. The summed E-state index contributed by atoms with van der Waals surface area (Å²) in [5.74, 6) is -0.796. The molecule has 0 aliphatic rings. The van der Waals surface area contributed by atoms with E-state index in [1.165, 1.54) is 12.1 Å². The first kappa shape index (κ1) is 12.8. The molecule has 0 heterocycles. The minimum atomic E-state index is -0.461. The van der Waals surface area contributed by atoms with Crippen molar-refractivity contribution >= 4 is 23.4 Å². The van der Waals surface area contributed by atoms with Crippen molar-refractivity contribution in [3.63, 3.8) is 0 Å². The quantitative estimate of drug-likeness (QED) is 0.793. The molecule has 5 heteroatoms. The fourth-order valence-corrected chi connectivity index (χ4v) is 1.39. The number of nitrogens with one attached hydrogen (secondary N) is 1. The second-order valence-corrected chi connectivity index (χ2v) is 4.76. The maximum absolute atomic E-state index is 12.9. The summed E-state index contributed by atoms with van der Waals surface area (Å²) in [6.45, 7) is 2.54. The molecule has 3 N–H and O–H groups in total. The van der Waals surface area contributed by atoms with Gasteiger partial charge < -0.3 is 11.1 Å². The number of hydrogen-bond donors (Lipinski definition) is 2. The molecule has 0 aliphatic heterocycles. The highest BCUT2D eigenvalue weighted by molar-refractivity contribution is 7.99. The van der Waals surface area contributed by atoms with Crippen LogP contribution in [-0.4, -0.2) is 24.0 Å². The summed E-state index contributed by atoms with van der Waals surface area (Å²) in [4.78, 5) is 11.7. The number of rotatable bonds is 4. The Morgan fingerprint density at radius 2 is 2.31 bits per heavy atom. The van der Waals surface area contributed by atoms with E-state index in [4.69, 9.17) is 5.73 Å². The maximum Gasteiger partial charge on any atom is 0.253 e. The molecule has 0 aliphatic carbocycles. The van der Waals surface area contributed by atoms with Crippen molar-refractivity contribution in [1.82, 2.24) is 5.32 Å². The number of anilines is 1. The molecule has 0 spiro atoms. The van der Waals surface area contributed by atoms with Crippen molar-refractivity contribution in [1.29, 1.82) is 0 Å². The lowest BCUT2D eigenvalue weighted by molar-refractivity contribution is 0.0954. The van der Waals surface area contributed by atoms with E-state index in [-0.39, 0.29) is 17.2 Å². The maximum atomic E-state index is 12.9. The molecule has 88 valence electrons. The van der Waals surface area contributed by atoms with E-state index in [2.05, 4.69) is 5.32 Å². The van der Waals surface area contributed by atoms with Crippen LogP contribution in [0.1, 0.15) is 17.3 Å². The number of amides is 1. The Morgan fingerprint density at radius 1 is 1.62 bits per heavy atom. The largest absolute Gasteiger partial charge is 0.398 e. The Bertz CT molecular complexity index is 384. The Kier molecular flexibility index (Phi) is 4.61. The summed E-state index contributed by atoms with van der Waals surface area (Å²) in [6, 6.07) is 3.77. The van der Waals surface area contributed by atoms with Crippen LogP contribution < -0.4 is 11.1 Å². The van der Waals surface area contributed by atoms with E-state index < -0.39 is 5.82 Å². The molecule has 3 nitrogen and oxygen atoms in total. The Balaban J connectivity index is 2.69. The third kappa shape index (κ3) is 3.41. The van der Waals surface area contributed by atoms with E-state index in [0.29, 0.717) is 11.8 Å². The molecule has 0 aromatic heterocycles. The van der Waals surface area contributed by atoms with Gasteiger partial charge in [-0.3, -0.25) is 4.79 Å². The average Bonchev–Trinajstić information content (AvgIpc) is 2.28. The van der Waals surface area contributed by atoms with Gasteiger partial charge in [0, 0.05) is 17.5 Å². The topological polar surface area (TPSA) is 55.1 Å². The highest BCUT2D eigenvalue weighted by atomic mass is 32.2. The summed E-state index contributed by atoms with van der Waals surface area (Å²) >= 11 is 1.65. The second-order valence-electron chi connectivity index (χ2n) is 3.49. The van der Waals surface area contributed by atoms with Crippen LogP contribution in [-0.2, 0) is 0 Å². The van der Waals surface area contributed by atoms with Crippen molar-refractivity contribution in [2.45, 2.75) is 12.2 Å². The van der Waals surface area contributed by atoms with Gasteiger partial charge in [-0.05, 0) is 24.5 Å². The van der Waals surface area contributed by atoms with Crippen molar-refractivity contribution in [2.24, 2.45) is 0 Å². The molecule has 0 saturated heterocycles.